The van der Waals surface area contributed by atoms with Gasteiger partial charge in [0.15, 0.2) is 12.3 Å². The van der Waals surface area contributed by atoms with Crippen LogP contribution >= 0.6 is 0 Å². The number of rotatable bonds is 2. The van der Waals surface area contributed by atoms with Crippen molar-refractivity contribution in [1.29, 1.82) is 0 Å². The smallest absolute Gasteiger partial charge is 0.0929 e. The average Bonchev–Trinajstić information content (AvgIpc) is 2.33. The van der Waals surface area contributed by atoms with Crippen LogP contribution in [0.25, 0.3) is 0 Å². The van der Waals surface area contributed by atoms with Crippen LogP contribution in [0.15, 0.2) is 5.10 Å². The molecule has 1 unspecified atom stereocenters. The maximum atomic E-state index is 4.29. The summed E-state index contributed by atoms with van der Waals surface area (Å²) in [5.74, 6) is 1.21. The molecular formula is C9H17N2+. The van der Waals surface area contributed by atoms with E-state index in [9.17, 15) is 0 Å². The highest BCUT2D eigenvalue weighted by molar-refractivity contribution is 5.83. The van der Waals surface area contributed by atoms with Crippen molar-refractivity contribution >= 4 is 12.4 Å². The van der Waals surface area contributed by atoms with Gasteiger partial charge in [0.05, 0.1) is 12.1 Å². The van der Waals surface area contributed by atoms with Crippen LogP contribution in [-0.2, 0) is 0 Å². The fourth-order valence-corrected chi connectivity index (χ4v) is 1.06. The van der Waals surface area contributed by atoms with Gasteiger partial charge in [-0.15, -0.1) is 0 Å². The van der Waals surface area contributed by atoms with E-state index in [0.717, 1.165) is 0 Å². The first kappa shape index (κ1) is 8.44. The van der Waals surface area contributed by atoms with E-state index < -0.39 is 0 Å². The predicted molar refractivity (Wildman–Crippen MR) is 48.3 cm³/mol. The van der Waals surface area contributed by atoms with Crippen LogP contribution in [0.2, 0.25) is 0 Å². The Balaban J connectivity index is 2.63. The average molecular weight is 153 g/mol. The normalized spacial score (nSPS) is 23.5. The van der Waals surface area contributed by atoms with Crippen LogP contribution in [0.4, 0.5) is 0 Å². The van der Waals surface area contributed by atoms with Gasteiger partial charge in [-0.25, -0.2) is 0 Å². The molecule has 0 saturated carbocycles. The van der Waals surface area contributed by atoms with Crippen LogP contribution in [0, 0.1) is 11.8 Å². The van der Waals surface area contributed by atoms with E-state index in [2.05, 4.69) is 39.0 Å². The van der Waals surface area contributed by atoms with Crippen molar-refractivity contribution < 1.29 is 4.68 Å². The standard InChI is InChI=1S/C9H17N2/c1-7(2)9-5-10-11(6-9)8(3)4/h5-9H,1-4H3/q+1. The summed E-state index contributed by atoms with van der Waals surface area (Å²) < 4.78 is 2.03. The molecule has 62 valence electrons. The molecule has 0 aliphatic carbocycles. The molecule has 1 aliphatic rings. The Kier molecular flexibility index (Phi) is 2.42. The molecule has 2 heteroatoms. The summed E-state index contributed by atoms with van der Waals surface area (Å²) in [7, 11) is 0. The van der Waals surface area contributed by atoms with Crippen LogP contribution in [0.3, 0.4) is 0 Å². The Morgan fingerprint density at radius 3 is 2.18 bits per heavy atom. The lowest BCUT2D eigenvalue weighted by atomic mass is 9.99. The second kappa shape index (κ2) is 3.16. The first-order valence-corrected chi connectivity index (χ1v) is 4.28. The molecule has 0 bridgehead atoms. The van der Waals surface area contributed by atoms with Gasteiger partial charge in [0.1, 0.15) is 0 Å². The van der Waals surface area contributed by atoms with Gasteiger partial charge in [-0.3, -0.25) is 0 Å². The van der Waals surface area contributed by atoms with Gasteiger partial charge in [0.25, 0.3) is 0 Å². The molecule has 0 spiro atoms. The zero-order valence-corrected chi connectivity index (χ0v) is 7.78. The Morgan fingerprint density at radius 2 is 1.91 bits per heavy atom. The molecule has 11 heavy (non-hydrogen) atoms. The molecular weight excluding hydrogens is 136 g/mol. The minimum Gasteiger partial charge on any atom is -0.0929 e. The topological polar surface area (TPSA) is 15.4 Å². The third-order valence-electron chi connectivity index (χ3n) is 2.00. The maximum absolute atomic E-state index is 4.29. The van der Waals surface area contributed by atoms with E-state index >= 15 is 0 Å². The second-order valence-electron chi connectivity index (χ2n) is 3.71. The Bertz CT molecular complexity index is 190. The Morgan fingerprint density at radius 1 is 1.27 bits per heavy atom. The fourth-order valence-electron chi connectivity index (χ4n) is 1.06. The lowest BCUT2D eigenvalue weighted by molar-refractivity contribution is -0.557. The van der Waals surface area contributed by atoms with Crippen molar-refractivity contribution in [3.63, 3.8) is 0 Å². The highest BCUT2D eigenvalue weighted by atomic mass is 15.4. The van der Waals surface area contributed by atoms with Gasteiger partial charge in [0.2, 0.25) is 0 Å². The van der Waals surface area contributed by atoms with Gasteiger partial charge in [-0.05, 0) is 24.9 Å². The molecule has 1 heterocycles. The summed E-state index contributed by atoms with van der Waals surface area (Å²) >= 11 is 0. The molecule has 0 saturated heterocycles. The molecule has 1 aliphatic heterocycles. The summed E-state index contributed by atoms with van der Waals surface area (Å²) in [4.78, 5) is 0. The zero-order chi connectivity index (χ0) is 8.43. The van der Waals surface area contributed by atoms with Gasteiger partial charge in [0, 0.05) is 0 Å². The van der Waals surface area contributed by atoms with E-state index in [0.29, 0.717) is 17.9 Å². The Hall–Kier alpha value is -0.660. The van der Waals surface area contributed by atoms with E-state index in [1.54, 1.807) is 0 Å². The quantitative estimate of drug-likeness (QED) is 0.537. The summed E-state index contributed by atoms with van der Waals surface area (Å²) in [5.41, 5.74) is 0. The summed E-state index contributed by atoms with van der Waals surface area (Å²) in [6.07, 6.45) is 4.24. The van der Waals surface area contributed by atoms with Crippen molar-refractivity contribution in [2.45, 2.75) is 33.7 Å². The van der Waals surface area contributed by atoms with Gasteiger partial charge < -0.3 is 0 Å². The van der Waals surface area contributed by atoms with Crippen LogP contribution in [0.1, 0.15) is 27.7 Å². The van der Waals surface area contributed by atoms with Crippen LogP contribution < -0.4 is 0 Å². The summed E-state index contributed by atoms with van der Waals surface area (Å²) in [5, 5.41) is 4.29. The fraction of sp³-hybridized carbons (Fsp3) is 0.778. The van der Waals surface area contributed by atoms with Gasteiger partial charge in [-0.2, -0.15) is 0 Å². The predicted octanol–water partition coefficient (Wildman–Crippen LogP) is 1.75. The van der Waals surface area contributed by atoms with Crippen LogP contribution in [0.5, 0.6) is 0 Å². The number of nitrogens with zero attached hydrogens (tertiary/aromatic N) is 2. The van der Waals surface area contributed by atoms with E-state index in [-0.39, 0.29) is 0 Å². The second-order valence-corrected chi connectivity index (χ2v) is 3.71. The molecule has 2 nitrogen and oxygen atoms in total. The van der Waals surface area contributed by atoms with Gasteiger partial charge in [-0.1, -0.05) is 18.5 Å². The molecule has 0 aromatic carbocycles. The van der Waals surface area contributed by atoms with Crippen molar-refractivity contribution in [2.24, 2.45) is 16.9 Å². The molecule has 0 fully saturated rings. The van der Waals surface area contributed by atoms with Crippen LogP contribution in [-0.4, -0.2) is 23.2 Å². The highest BCUT2D eigenvalue weighted by Crippen LogP contribution is 2.10. The maximum Gasteiger partial charge on any atom is 0.182 e. The molecule has 0 radical (unpaired) electrons. The minimum absolute atomic E-state index is 0.495. The zero-order valence-electron chi connectivity index (χ0n) is 7.78. The van der Waals surface area contributed by atoms with Crippen molar-refractivity contribution in [3.8, 4) is 0 Å². The van der Waals surface area contributed by atoms with Crippen molar-refractivity contribution in [1.82, 2.24) is 0 Å². The highest BCUT2D eigenvalue weighted by Gasteiger charge is 2.22. The lowest BCUT2D eigenvalue weighted by Gasteiger charge is -2.01. The molecule has 0 aromatic rings. The van der Waals surface area contributed by atoms with E-state index in [4.69, 9.17) is 0 Å². The first-order chi connectivity index (χ1) is 5.11. The third-order valence-corrected chi connectivity index (χ3v) is 2.00. The third kappa shape index (κ3) is 1.88. The monoisotopic (exact) mass is 153 g/mol. The largest absolute Gasteiger partial charge is 0.182 e. The summed E-state index contributed by atoms with van der Waals surface area (Å²) in [6.45, 7) is 8.74. The van der Waals surface area contributed by atoms with Crippen molar-refractivity contribution in [3.05, 3.63) is 0 Å². The first-order valence-electron chi connectivity index (χ1n) is 4.28. The number of hydrazone groups is 1. The molecule has 0 aromatic heterocycles. The lowest BCUT2D eigenvalue weighted by Crippen LogP contribution is -2.16. The molecule has 1 atom stereocenters. The number of hydrogen-bond donors (Lipinski definition) is 0. The van der Waals surface area contributed by atoms with Crippen molar-refractivity contribution in [2.75, 3.05) is 0 Å². The van der Waals surface area contributed by atoms with E-state index in [1.807, 2.05) is 10.9 Å². The number of hydrogen-bond acceptors (Lipinski definition) is 1. The summed E-state index contributed by atoms with van der Waals surface area (Å²) in [6, 6.07) is 0.495. The minimum atomic E-state index is 0.495. The molecule has 0 N–H and O–H groups in total. The molecule has 1 rings (SSSR count). The van der Waals surface area contributed by atoms with E-state index in [1.165, 1.54) is 0 Å². The Labute approximate surface area is 68.6 Å². The SMILES string of the molecule is CC(C)C1C=N[N+](C(C)C)=C1. The molecule has 0 amide bonds. The van der Waals surface area contributed by atoms with Gasteiger partial charge >= 0.3 is 0 Å².